The fraction of sp³-hybridized carbons (Fsp3) is 0.615. The average Bonchev–Trinajstić information content (AvgIpc) is 2.19. The first-order valence-corrected chi connectivity index (χ1v) is 8.85. The summed E-state index contributed by atoms with van der Waals surface area (Å²) in [6.45, 7) is 13.1. The summed E-state index contributed by atoms with van der Waals surface area (Å²) in [6, 6.07) is 4.09. The second-order valence-electron chi connectivity index (χ2n) is 5.76. The van der Waals surface area contributed by atoms with Crippen LogP contribution in [-0.2, 0) is 11.8 Å². The van der Waals surface area contributed by atoms with Crippen LogP contribution in [0.5, 0.6) is 0 Å². The molecular weight excluding hydrogens is 247 g/mol. The summed E-state index contributed by atoms with van der Waals surface area (Å²) in [7, 11) is 0. The Bertz CT molecular complexity index is 418. The zero-order valence-corrected chi connectivity index (χ0v) is 13.3. The lowest BCUT2D eigenvalue weighted by Crippen LogP contribution is -2.25. The minimum atomic E-state index is -1.69. The largest absolute Gasteiger partial charge is 0.341 e. The smallest absolute Gasteiger partial charge is 0.129 e. The Kier molecular flexibility index (Phi) is 4.38. The van der Waals surface area contributed by atoms with Gasteiger partial charge in [0.15, 0.2) is 0 Å². The Balaban J connectivity index is 3.04. The third kappa shape index (κ3) is 3.29. The summed E-state index contributed by atoms with van der Waals surface area (Å²) in [4.78, 5) is 4.41. The molecule has 0 saturated heterocycles. The number of aromatic nitrogens is 1. The Hall–Kier alpha value is -0.400. The highest BCUT2D eigenvalue weighted by molar-refractivity contribution is 8.16. The molecule has 0 aliphatic rings. The second-order valence-corrected chi connectivity index (χ2v) is 11.4. The summed E-state index contributed by atoms with van der Waals surface area (Å²) in [5.74, 6) is 0.905. The van der Waals surface area contributed by atoms with Gasteiger partial charge in [0.2, 0.25) is 0 Å². The van der Waals surface area contributed by atoms with Gasteiger partial charge in [0, 0.05) is 17.5 Å². The van der Waals surface area contributed by atoms with E-state index in [0.29, 0.717) is 5.66 Å². The van der Waals surface area contributed by atoms with E-state index in [0.717, 1.165) is 5.82 Å². The number of hydrogen-bond donors (Lipinski definition) is 1. The predicted molar refractivity (Wildman–Crippen MR) is 81.8 cm³/mol. The summed E-state index contributed by atoms with van der Waals surface area (Å²) < 4.78 is 0. The van der Waals surface area contributed by atoms with Crippen molar-refractivity contribution in [2.24, 2.45) is 0 Å². The van der Waals surface area contributed by atoms with E-state index in [1.165, 1.54) is 5.56 Å². The van der Waals surface area contributed by atoms with Gasteiger partial charge >= 0.3 is 0 Å². The molecule has 1 heterocycles. The molecule has 0 radical (unpaired) electrons. The van der Waals surface area contributed by atoms with E-state index in [1.54, 1.807) is 0 Å². The third-order valence-electron chi connectivity index (χ3n) is 2.92. The maximum atomic E-state index is 5.94. The lowest BCUT2D eigenvalue weighted by molar-refractivity contribution is 0.770. The van der Waals surface area contributed by atoms with Gasteiger partial charge in [0.25, 0.3) is 0 Å². The lowest BCUT2D eigenvalue weighted by atomic mass is 10.3. The molecule has 0 amide bonds. The van der Waals surface area contributed by atoms with Crippen LogP contribution in [0.3, 0.4) is 0 Å². The van der Waals surface area contributed by atoms with Crippen LogP contribution in [0.1, 0.15) is 40.2 Å². The Morgan fingerprint density at radius 3 is 2.24 bits per heavy atom. The molecule has 0 saturated carbocycles. The topological polar surface area (TPSA) is 24.9 Å². The molecule has 1 aromatic rings. The number of anilines is 1. The number of pyridine rings is 1. The minimum Gasteiger partial charge on any atom is -0.341 e. The predicted octanol–water partition coefficient (Wildman–Crippen LogP) is 4.40. The monoisotopic (exact) mass is 270 g/mol. The Morgan fingerprint density at radius 2 is 1.88 bits per heavy atom. The summed E-state index contributed by atoms with van der Waals surface area (Å²) in [5, 5.41) is 3.64. The number of aryl methyl sites for hydroxylation is 1. The van der Waals surface area contributed by atoms with E-state index >= 15 is 0 Å². The molecule has 0 aliphatic carbocycles. The molecule has 0 aromatic carbocycles. The number of nitrogens with zero attached hydrogens (tertiary/aromatic N) is 1. The molecule has 0 aliphatic heterocycles. The maximum Gasteiger partial charge on any atom is 0.129 e. The molecular formula is C13H23N2PS. The van der Waals surface area contributed by atoms with Crippen molar-refractivity contribution in [1.29, 1.82) is 0 Å². The van der Waals surface area contributed by atoms with Gasteiger partial charge in [-0.1, -0.05) is 52.5 Å². The number of hydrogen-bond acceptors (Lipinski definition) is 2. The Morgan fingerprint density at radius 1 is 1.29 bits per heavy atom. The molecule has 0 fully saturated rings. The van der Waals surface area contributed by atoms with Crippen molar-refractivity contribution in [1.82, 2.24) is 4.98 Å². The van der Waals surface area contributed by atoms with Crippen molar-refractivity contribution < 1.29 is 0 Å². The first-order valence-electron chi connectivity index (χ1n) is 5.97. The van der Waals surface area contributed by atoms with Crippen LogP contribution in [0.2, 0.25) is 0 Å². The molecule has 1 rings (SSSR count). The van der Waals surface area contributed by atoms with E-state index in [9.17, 15) is 0 Å². The van der Waals surface area contributed by atoms with E-state index in [2.05, 4.69) is 50.8 Å². The van der Waals surface area contributed by atoms with Crippen LogP contribution >= 0.6 is 6.19 Å². The van der Waals surface area contributed by atoms with Gasteiger partial charge in [0.05, 0.1) is 0 Å². The van der Waals surface area contributed by atoms with E-state index in [4.69, 9.17) is 11.8 Å². The van der Waals surface area contributed by atoms with E-state index < -0.39 is 6.19 Å². The third-order valence-corrected chi connectivity index (χ3v) is 10.1. The molecule has 0 spiro atoms. The number of nitrogens with one attached hydrogen (secondary N) is 1. The molecule has 1 N–H and O–H groups in total. The van der Waals surface area contributed by atoms with Crippen molar-refractivity contribution in [2.75, 3.05) is 5.09 Å². The van der Waals surface area contributed by atoms with E-state index in [-0.39, 0.29) is 5.16 Å². The van der Waals surface area contributed by atoms with Gasteiger partial charge in [0.1, 0.15) is 5.82 Å². The SMILES string of the molecule is Cc1ccc(NP(=S)(C(C)C)C(C)(C)C)nc1. The lowest BCUT2D eigenvalue weighted by Gasteiger charge is -2.39. The van der Waals surface area contributed by atoms with Crippen LogP contribution in [0.4, 0.5) is 5.82 Å². The first-order chi connectivity index (χ1) is 7.67. The van der Waals surface area contributed by atoms with Gasteiger partial charge in [-0.3, -0.25) is 0 Å². The van der Waals surface area contributed by atoms with Crippen LogP contribution < -0.4 is 5.09 Å². The summed E-state index contributed by atoms with van der Waals surface area (Å²) in [5.41, 5.74) is 1.63. The molecule has 1 atom stereocenters. The van der Waals surface area contributed by atoms with Crippen molar-refractivity contribution >= 4 is 23.8 Å². The average molecular weight is 270 g/mol. The van der Waals surface area contributed by atoms with Gasteiger partial charge in [-0.05, 0) is 24.2 Å². The van der Waals surface area contributed by atoms with Crippen molar-refractivity contribution in [3.63, 3.8) is 0 Å². The quantitative estimate of drug-likeness (QED) is 0.824. The minimum absolute atomic E-state index is 0.100. The van der Waals surface area contributed by atoms with Gasteiger partial charge < -0.3 is 5.09 Å². The van der Waals surface area contributed by atoms with Crippen LogP contribution in [-0.4, -0.2) is 15.8 Å². The molecule has 1 unspecified atom stereocenters. The standard InChI is InChI=1S/C13H23N2PS/c1-10(2)16(17,13(4,5)6)15-12-8-7-11(3)9-14-12/h7-10H,1-6H3,(H,14,15,17). The van der Waals surface area contributed by atoms with Crippen LogP contribution in [0.15, 0.2) is 18.3 Å². The highest BCUT2D eigenvalue weighted by atomic mass is 32.4. The fourth-order valence-corrected chi connectivity index (χ4v) is 4.67. The summed E-state index contributed by atoms with van der Waals surface area (Å²) >= 11 is 5.94. The highest BCUT2D eigenvalue weighted by Crippen LogP contribution is 2.60. The fourth-order valence-electron chi connectivity index (χ4n) is 1.78. The maximum absolute atomic E-state index is 5.94. The number of rotatable bonds is 3. The molecule has 2 nitrogen and oxygen atoms in total. The van der Waals surface area contributed by atoms with Crippen molar-refractivity contribution in [3.05, 3.63) is 23.9 Å². The molecule has 0 bridgehead atoms. The highest BCUT2D eigenvalue weighted by Gasteiger charge is 2.34. The van der Waals surface area contributed by atoms with Gasteiger partial charge in [-0.25, -0.2) is 4.98 Å². The van der Waals surface area contributed by atoms with Crippen LogP contribution in [0, 0.1) is 6.92 Å². The van der Waals surface area contributed by atoms with Crippen LogP contribution in [0.25, 0.3) is 0 Å². The molecule has 96 valence electrons. The Labute approximate surface area is 110 Å². The van der Waals surface area contributed by atoms with E-state index in [1.807, 2.05) is 19.2 Å². The molecule has 4 heteroatoms. The summed E-state index contributed by atoms with van der Waals surface area (Å²) in [6.07, 6.45) is 0.189. The second kappa shape index (κ2) is 5.07. The normalized spacial score (nSPS) is 15.7. The van der Waals surface area contributed by atoms with Gasteiger partial charge in [-0.15, -0.1) is 0 Å². The zero-order valence-electron chi connectivity index (χ0n) is 11.6. The molecule has 17 heavy (non-hydrogen) atoms. The van der Waals surface area contributed by atoms with Gasteiger partial charge in [-0.2, -0.15) is 0 Å². The first kappa shape index (κ1) is 14.7. The van der Waals surface area contributed by atoms with Crippen molar-refractivity contribution in [2.45, 2.75) is 52.4 Å². The van der Waals surface area contributed by atoms with Crippen molar-refractivity contribution in [3.8, 4) is 0 Å². The molecule has 1 aromatic heterocycles. The zero-order chi connectivity index (χ0) is 13.3.